The van der Waals surface area contributed by atoms with E-state index in [1.165, 1.54) is 39.1 Å². The number of hydrogen-bond acceptors (Lipinski definition) is 12. The van der Waals surface area contributed by atoms with E-state index in [1.54, 1.807) is 4.57 Å². The first-order valence-electron chi connectivity index (χ1n) is 21.5. The molecule has 57 heavy (non-hydrogen) atoms. The molecule has 13 atom stereocenters. The third-order valence-electron chi connectivity index (χ3n) is 15.7. The minimum atomic E-state index is -0.807. The van der Waals surface area contributed by atoms with Crippen LogP contribution in [0.4, 0.5) is 5.82 Å². The molecular formula is C43H62N8O6. The van der Waals surface area contributed by atoms with Crippen LogP contribution in [0.2, 0.25) is 0 Å². The zero-order chi connectivity index (χ0) is 40.1. The number of unbranched alkanes of at least 4 members (excludes halogenated alkanes) is 2. The highest BCUT2D eigenvalue weighted by molar-refractivity contribution is 5.82. The summed E-state index contributed by atoms with van der Waals surface area (Å²) in [6, 6.07) is 0.301. The van der Waals surface area contributed by atoms with Gasteiger partial charge in [0.05, 0.1) is 37.7 Å². The van der Waals surface area contributed by atoms with Crippen LogP contribution in [-0.2, 0) is 20.7 Å². The molecule has 4 aliphatic carbocycles. The van der Waals surface area contributed by atoms with E-state index in [1.807, 2.05) is 0 Å². The lowest BCUT2D eigenvalue weighted by Gasteiger charge is -2.62. The van der Waals surface area contributed by atoms with Crippen molar-refractivity contribution in [2.75, 3.05) is 19.5 Å². The Balaban J connectivity index is 0.851. The summed E-state index contributed by atoms with van der Waals surface area (Å²) in [5, 5.41) is 41.1. The molecule has 4 saturated carbocycles. The minimum absolute atomic E-state index is 0.112. The Morgan fingerprint density at radius 1 is 1.07 bits per heavy atom. The van der Waals surface area contributed by atoms with E-state index in [9.17, 15) is 20.1 Å². The smallest absolute Gasteiger partial charge is 0.305 e. The van der Waals surface area contributed by atoms with Crippen LogP contribution in [0.15, 0.2) is 12.5 Å². The summed E-state index contributed by atoms with van der Waals surface area (Å²) in [6.45, 7) is 7.10. The first-order valence-corrected chi connectivity index (χ1v) is 21.5. The van der Waals surface area contributed by atoms with Gasteiger partial charge in [-0.1, -0.05) is 31.9 Å². The third kappa shape index (κ3) is 7.36. The van der Waals surface area contributed by atoms with Gasteiger partial charge in [0.25, 0.3) is 0 Å². The van der Waals surface area contributed by atoms with Gasteiger partial charge in [-0.25, -0.2) is 19.6 Å². The number of carbonyl (C=O) groups is 1. The van der Waals surface area contributed by atoms with E-state index in [-0.39, 0.29) is 41.7 Å². The highest BCUT2D eigenvalue weighted by Gasteiger charge is 2.63. The number of aliphatic hydroxyl groups is 3. The average molecular weight is 787 g/mol. The lowest BCUT2D eigenvalue weighted by atomic mass is 9.43. The summed E-state index contributed by atoms with van der Waals surface area (Å²) in [5.74, 6) is 10.00. The molecule has 1 aliphatic heterocycles. The molecular weight excluding hydrogens is 725 g/mol. The fourth-order valence-corrected chi connectivity index (χ4v) is 12.7. The van der Waals surface area contributed by atoms with Gasteiger partial charge < -0.3 is 30.5 Å². The van der Waals surface area contributed by atoms with Crippen LogP contribution in [0.3, 0.4) is 0 Å². The molecule has 5 fully saturated rings. The van der Waals surface area contributed by atoms with Gasteiger partial charge in [0.1, 0.15) is 18.7 Å². The lowest BCUT2D eigenvalue weighted by Crippen LogP contribution is -2.58. The van der Waals surface area contributed by atoms with Gasteiger partial charge in [-0.2, -0.15) is 0 Å². The van der Waals surface area contributed by atoms with E-state index >= 15 is 0 Å². The van der Waals surface area contributed by atoms with Crippen molar-refractivity contribution >= 4 is 23.0 Å². The van der Waals surface area contributed by atoms with E-state index < -0.39 is 18.4 Å². The number of aromatic nitrogens is 7. The molecule has 8 rings (SSSR count). The Bertz CT molecular complexity index is 1970. The number of ether oxygens (including phenoxy) is 2. The number of aryl methyl sites for hydroxylation is 1. The second-order valence-electron chi connectivity index (χ2n) is 18.6. The van der Waals surface area contributed by atoms with Crippen LogP contribution >= 0.6 is 0 Å². The quantitative estimate of drug-likeness (QED) is 0.113. The Morgan fingerprint density at radius 3 is 2.67 bits per heavy atom. The molecule has 0 aromatic carbocycles. The van der Waals surface area contributed by atoms with Gasteiger partial charge in [-0.3, -0.25) is 9.36 Å². The zero-order valence-corrected chi connectivity index (χ0v) is 34.1. The highest BCUT2D eigenvalue weighted by atomic mass is 16.5. The topological polar surface area (TPSA) is 197 Å². The molecule has 0 radical (unpaired) electrons. The number of rotatable bonds is 11. The fourth-order valence-electron chi connectivity index (χ4n) is 12.7. The molecule has 1 saturated heterocycles. The summed E-state index contributed by atoms with van der Waals surface area (Å²) in [5.41, 5.74) is 8.46. The summed E-state index contributed by atoms with van der Waals surface area (Å²) < 4.78 is 14.7. The second kappa shape index (κ2) is 16.2. The lowest BCUT2D eigenvalue weighted by molar-refractivity contribution is -0.169. The predicted molar refractivity (Wildman–Crippen MR) is 212 cm³/mol. The molecule has 310 valence electrons. The first kappa shape index (κ1) is 40.2. The fraction of sp³-hybridized carbons (Fsp3) is 0.767. The molecule has 0 unspecified atom stereocenters. The van der Waals surface area contributed by atoms with Crippen LogP contribution in [0, 0.1) is 58.2 Å². The number of nitrogens with zero attached hydrogens (tertiary/aromatic N) is 7. The van der Waals surface area contributed by atoms with E-state index in [4.69, 9.17) is 15.2 Å². The number of nitrogens with two attached hydrogens (primary N) is 1. The van der Waals surface area contributed by atoms with Crippen molar-refractivity contribution in [3.05, 3.63) is 24.0 Å². The van der Waals surface area contributed by atoms with Gasteiger partial charge in [-0.05, 0) is 129 Å². The van der Waals surface area contributed by atoms with Crippen molar-refractivity contribution in [1.29, 1.82) is 0 Å². The largest absolute Gasteiger partial charge is 0.469 e. The number of hydrogen-bond donors (Lipinski definition) is 4. The minimum Gasteiger partial charge on any atom is -0.469 e. The van der Waals surface area contributed by atoms with Crippen molar-refractivity contribution < 1.29 is 29.6 Å². The monoisotopic (exact) mass is 786 g/mol. The van der Waals surface area contributed by atoms with Gasteiger partial charge >= 0.3 is 5.97 Å². The zero-order valence-electron chi connectivity index (χ0n) is 34.1. The van der Waals surface area contributed by atoms with E-state index in [2.05, 4.69) is 68.8 Å². The molecule has 4 heterocycles. The van der Waals surface area contributed by atoms with Gasteiger partial charge in [0, 0.05) is 25.5 Å². The maximum Gasteiger partial charge on any atom is 0.305 e. The maximum absolute atomic E-state index is 11.9. The van der Waals surface area contributed by atoms with Crippen LogP contribution in [-0.4, -0.2) is 87.8 Å². The number of fused-ring (bicyclic) bond motifs is 6. The van der Waals surface area contributed by atoms with Crippen molar-refractivity contribution in [1.82, 2.24) is 34.5 Å². The standard InChI is InChI=1S/C43H62N8O6/c1-25(11-14-37(55)56-4)29-12-13-30-38-31(16-18-43(29,30)3)42(2)17-15-28(19-26(42)20-33(38)54)50-22-27(48-49-50)9-7-5-6-8-10-35-47-39-40(44)45-24-46-41(39)51(35)36-21-32(53)34(23-52)57-36/h22,24-26,28-34,36,38,52-54H,5-7,9,11-21,23H2,1-4H3,(H2,44,45,46)/t25-,26+,28-,29-,30+,31+,32+,33+,34-,36-,38+,42+,43-/m1/s1. The van der Waals surface area contributed by atoms with Crippen molar-refractivity contribution in [2.45, 2.75) is 148 Å². The number of methoxy groups -OCH3 is 1. The SMILES string of the molecule is COC(=O)CC[C@@H](C)[C@H]1CC[C@H]2[C@@H]3[C@@H](O)C[C@@H]4C[C@H](n5cc(CCCCC#Cc6nc7c(N)ncnc7n6[C@H]6C[C@H](O)[C@@H](CO)O6)nn5)CC[C@]4(C)[C@H]3CC[C@]12C. The molecule has 3 aromatic rings. The summed E-state index contributed by atoms with van der Waals surface area (Å²) >= 11 is 0. The molecule has 5 N–H and O–H groups in total. The maximum atomic E-state index is 11.9. The van der Waals surface area contributed by atoms with Crippen molar-refractivity contribution in [3.63, 3.8) is 0 Å². The normalized spacial score (nSPS) is 36.5. The van der Waals surface area contributed by atoms with Crippen molar-refractivity contribution in [2.24, 2.45) is 46.3 Å². The predicted octanol–water partition coefficient (Wildman–Crippen LogP) is 5.17. The number of nitrogen functional groups attached to an aromatic ring is 1. The Labute approximate surface area is 335 Å². The molecule has 3 aromatic heterocycles. The van der Waals surface area contributed by atoms with Crippen LogP contribution in [0.1, 0.15) is 134 Å². The van der Waals surface area contributed by atoms with Crippen LogP contribution in [0.5, 0.6) is 0 Å². The number of esters is 1. The average Bonchev–Trinajstić information content (AvgIpc) is 3.99. The molecule has 5 aliphatic rings. The number of carbonyl (C=O) groups excluding carboxylic acids is 1. The summed E-state index contributed by atoms with van der Waals surface area (Å²) in [6.07, 6.45) is 15.1. The molecule has 0 spiro atoms. The summed E-state index contributed by atoms with van der Waals surface area (Å²) in [4.78, 5) is 24.9. The molecule has 14 heteroatoms. The molecule has 14 nitrogen and oxygen atoms in total. The summed E-state index contributed by atoms with van der Waals surface area (Å²) in [7, 11) is 1.48. The van der Waals surface area contributed by atoms with E-state index in [0.29, 0.717) is 71.4 Å². The van der Waals surface area contributed by atoms with Gasteiger partial charge in [0.15, 0.2) is 22.8 Å². The van der Waals surface area contributed by atoms with Crippen molar-refractivity contribution in [3.8, 4) is 11.8 Å². The number of anilines is 1. The number of aliphatic hydroxyl groups excluding tert-OH is 3. The van der Waals surface area contributed by atoms with E-state index in [0.717, 1.165) is 57.1 Å². The Morgan fingerprint density at radius 2 is 1.88 bits per heavy atom. The Hall–Kier alpha value is -3.64. The Kier molecular flexibility index (Phi) is 11.4. The molecule has 0 amide bonds. The van der Waals surface area contributed by atoms with Crippen LogP contribution in [0.25, 0.3) is 11.2 Å². The van der Waals surface area contributed by atoms with Gasteiger partial charge in [-0.15, -0.1) is 5.10 Å². The molecule has 0 bridgehead atoms. The van der Waals surface area contributed by atoms with Gasteiger partial charge in [0.2, 0.25) is 0 Å². The first-order chi connectivity index (χ1) is 27.4. The third-order valence-corrected chi connectivity index (χ3v) is 15.7. The number of imidazole rings is 1. The second-order valence-corrected chi connectivity index (χ2v) is 18.6. The van der Waals surface area contributed by atoms with Crippen LogP contribution < -0.4 is 5.73 Å². The highest BCUT2D eigenvalue weighted by Crippen LogP contribution is 2.69.